The third-order valence-electron chi connectivity index (χ3n) is 3.60. The maximum Gasteiger partial charge on any atom is 0.258 e. The van der Waals surface area contributed by atoms with Crippen LogP contribution in [0.1, 0.15) is 21.5 Å². The largest absolute Gasteiger partial charge is 0.322 e. The highest BCUT2D eigenvalue weighted by Gasteiger charge is 2.21. The number of aryl methyl sites for hydroxylation is 2. The Morgan fingerprint density at radius 1 is 1.08 bits per heavy atom. The topological polar surface area (TPSA) is 66.5 Å². The van der Waals surface area contributed by atoms with Crippen molar-refractivity contribution in [2.45, 2.75) is 18.7 Å². The molecule has 0 fully saturated rings. The lowest BCUT2D eigenvalue weighted by Gasteiger charge is -2.13. The molecule has 0 saturated heterocycles. The van der Waals surface area contributed by atoms with Gasteiger partial charge in [0, 0.05) is 19.8 Å². The Bertz CT molecular complexity index is 893. The van der Waals surface area contributed by atoms with Crippen molar-refractivity contribution in [1.82, 2.24) is 4.31 Å². The first kappa shape index (κ1) is 18.1. The summed E-state index contributed by atoms with van der Waals surface area (Å²) in [6, 6.07) is 8.68. The van der Waals surface area contributed by atoms with E-state index in [4.69, 9.17) is 0 Å². The molecule has 0 heterocycles. The van der Waals surface area contributed by atoms with Crippen LogP contribution in [-0.2, 0) is 10.0 Å². The van der Waals surface area contributed by atoms with E-state index in [0.29, 0.717) is 5.69 Å². The number of benzene rings is 2. The Kier molecular flexibility index (Phi) is 5.05. The van der Waals surface area contributed by atoms with E-state index in [1.54, 1.807) is 6.07 Å². The van der Waals surface area contributed by atoms with Crippen LogP contribution in [0.25, 0.3) is 0 Å². The summed E-state index contributed by atoms with van der Waals surface area (Å²) in [7, 11) is -1.01. The number of hydrogen-bond acceptors (Lipinski definition) is 3. The smallest absolute Gasteiger partial charge is 0.258 e. The molecule has 0 aromatic heterocycles. The van der Waals surface area contributed by atoms with Gasteiger partial charge in [0.25, 0.3) is 5.91 Å². The summed E-state index contributed by atoms with van der Waals surface area (Å²) in [6.45, 7) is 3.69. The molecular weight excluding hydrogens is 331 g/mol. The summed E-state index contributed by atoms with van der Waals surface area (Å²) in [5.41, 5.74) is 2.01. The van der Waals surface area contributed by atoms with Crippen LogP contribution in [0.15, 0.2) is 41.3 Å². The lowest BCUT2D eigenvalue weighted by atomic mass is 10.1. The molecular formula is C17H19FN2O3S. The second kappa shape index (κ2) is 6.70. The van der Waals surface area contributed by atoms with Crippen LogP contribution in [0, 0.1) is 19.7 Å². The number of hydrogen-bond donors (Lipinski definition) is 1. The molecule has 128 valence electrons. The van der Waals surface area contributed by atoms with E-state index >= 15 is 0 Å². The third-order valence-corrected chi connectivity index (χ3v) is 5.41. The second-order valence-electron chi connectivity index (χ2n) is 5.70. The van der Waals surface area contributed by atoms with Gasteiger partial charge in [-0.25, -0.2) is 17.1 Å². The van der Waals surface area contributed by atoms with Crippen LogP contribution in [0.5, 0.6) is 0 Å². The molecule has 0 aliphatic rings. The number of rotatable bonds is 4. The highest BCUT2D eigenvalue weighted by Crippen LogP contribution is 2.21. The minimum Gasteiger partial charge on any atom is -0.322 e. The molecule has 1 amide bonds. The number of sulfonamides is 1. The fraction of sp³-hybridized carbons (Fsp3) is 0.235. The van der Waals surface area contributed by atoms with E-state index in [1.165, 1.54) is 14.1 Å². The zero-order valence-corrected chi connectivity index (χ0v) is 14.7. The van der Waals surface area contributed by atoms with Gasteiger partial charge in [0.05, 0.1) is 10.5 Å². The Morgan fingerprint density at radius 2 is 1.75 bits per heavy atom. The van der Waals surface area contributed by atoms with E-state index in [1.807, 2.05) is 26.0 Å². The van der Waals surface area contributed by atoms with Crippen molar-refractivity contribution in [1.29, 1.82) is 0 Å². The zero-order chi connectivity index (χ0) is 18.1. The minimum absolute atomic E-state index is 0.139. The van der Waals surface area contributed by atoms with Gasteiger partial charge in [-0.05, 0) is 49.2 Å². The van der Waals surface area contributed by atoms with Gasteiger partial charge in [-0.1, -0.05) is 12.1 Å². The first-order valence-electron chi connectivity index (χ1n) is 7.23. The molecule has 0 aliphatic heterocycles. The van der Waals surface area contributed by atoms with Crippen molar-refractivity contribution in [2.75, 3.05) is 19.4 Å². The molecule has 0 bridgehead atoms. The molecule has 0 radical (unpaired) electrons. The Morgan fingerprint density at radius 3 is 2.38 bits per heavy atom. The first-order valence-corrected chi connectivity index (χ1v) is 8.67. The first-order chi connectivity index (χ1) is 11.1. The maximum atomic E-state index is 14.0. The minimum atomic E-state index is -3.75. The highest BCUT2D eigenvalue weighted by atomic mass is 32.2. The Hall–Kier alpha value is -2.25. The molecule has 0 aliphatic carbocycles. The average Bonchev–Trinajstić information content (AvgIpc) is 2.50. The van der Waals surface area contributed by atoms with Crippen LogP contribution < -0.4 is 5.32 Å². The highest BCUT2D eigenvalue weighted by molar-refractivity contribution is 7.89. The molecule has 0 saturated carbocycles. The van der Waals surface area contributed by atoms with Crippen LogP contribution in [0.4, 0.5) is 10.1 Å². The van der Waals surface area contributed by atoms with Gasteiger partial charge < -0.3 is 5.32 Å². The number of anilines is 1. The van der Waals surface area contributed by atoms with E-state index in [0.717, 1.165) is 33.6 Å². The van der Waals surface area contributed by atoms with Crippen LogP contribution >= 0.6 is 0 Å². The maximum absolute atomic E-state index is 14.0. The summed E-state index contributed by atoms with van der Waals surface area (Å²) < 4.78 is 39.3. The number of nitrogens with one attached hydrogen (secondary N) is 1. The van der Waals surface area contributed by atoms with Crippen LogP contribution in [0.3, 0.4) is 0 Å². The number of amides is 1. The van der Waals surface area contributed by atoms with E-state index in [-0.39, 0.29) is 10.5 Å². The summed E-state index contributed by atoms with van der Waals surface area (Å²) in [5, 5.41) is 2.63. The van der Waals surface area contributed by atoms with Crippen molar-refractivity contribution in [3.05, 3.63) is 58.9 Å². The van der Waals surface area contributed by atoms with Gasteiger partial charge >= 0.3 is 0 Å². The van der Waals surface area contributed by atoms with E-state index in [2.05, 4.69) is 5.32 Å². The van der Waals surface area contributed by atoms with Gasteiger partial charge in [0.2, 0.25) is 10.0 Å². The molecule has 2 rings (SSSR count). The summed E-state index contributed by atoms with van der Waals surface area (Å²) >= 11 is 0. The molecule has 0 atom stereocenters. The van der Waals surface area contributed by atoms with Crippen molar-refractivity contribution >= 4 is 21.6 Å². The van der Waals surface area contributed by atoms with Crippen molar-refractivity contribution in [3.8, 4) is 0 Å². The predicted octanol–water partition coefficient (Wildman–Crippen LogP) is 2.95. The SMILES string of the molecule is Cc1ccc(C)c(NC(=O)c2cc(S(=O)(=O)N(C)C)ccc2F)c1. The van der Waals surface area contributed by atoms with Crippen molar-refractivity contribution in [2.24, 2.45) is 0 Å². The van der Waals surface area contributed by atoms with Gasteiger partial charge in [0.1, 0.15) is 5.82 Å². The fourth-order valence-corrected chi connectivity index (χ4v) is 3.04. The lowest BCUT2D eigenvalue weighted by molar-refractivity contribution is 0.102. The normalized spacial score (nSPS) is 11.6. The Balaban J connectivity index is 2.41. The van der Waals surface area contributed by atoms with E-state index in [9.17, 15) is 17.6 Å². The van der Waals surface area contributed by atoms with E-state index < -0.39 is 21.7 Å². The quantitative estimate of drug-likeness (QED) is 0.922. The Labute approximate surface area is 141 Å². The molecule has 0 unspecified atom stereocenters. The number of carbonyl (C=O) groups is 1. The molecule has 24 heavy (non-hydrogen) atoms. The third kappa shape index (κ3) is 3.63. The fourth-order valence-electron chi connectivity index (χ4n) is 2.11. The molecule has 1 N–H and O–H groups in total. The predicted molar refractivity (Wildman–Crippen MR) is 91.1 cm³/mol. The zero-order valence-electron chi connectivity index (χ0n) is 13.9. The van der Waals surface area contributed by atoms with Gasteiger partial charge in [-0.15, -0.1) is 0 Å². The molecule has 2 aromatic rings. The monoisotopic (exact) mass is 350 g/mol. The summed E-state index contributed by atoms with van der Waals surface area (Å²) in [4.78, 5) is 12.2. The molecule has 5 nitrogen and oxygen atoms in total. The summed E-state index contributed by atoms with van der Waals surface area (Å²) in [5.74, 6) is -1.48. The average molecular weight is 350 g/mol. The van der Waals surface area contributed by atoms with Crippen molar-refractivity contribution < 1.29 is 17.6 Å². The standard InChI is InChI=1S/C17H19FN2O3S/c1-11-5-6-12(2)16(9-11)19-17(21)14-10-13(7-8-15(14)18)24(22,23)20(3)4/h5-10H,1-4H3,(H,19,21). The number of nitrogens with zero attached hydrogens (tertiary/aromatic N) is 1. The number of halogens is 1. The van der Waals surface area contributed by atoms with Crippen LogP contribution in [-0.4, -0.2) is 32.7 Å². The molecule has 7 heteroatoms. The van der Waals surface area contributed by atoms with Gasteiger partial charge in [-0.2, -0.15) is 0 Å². The van der Waals surface area contributed by atoms with Crippen LogP contribution in [0.2, 0.25) is 0 Å². The van der Waals surface area contributed by atoms with Gasteiger partial charge in [-0.3, -0.25) is 4.79 Å². The second-order valence-corrected chi connectivity index (χ2v) is 7.85. The molecule has 2 aromatic carbocycles. The van der Waals surface area contributed by atoms with Gasteiger partial charge in [0.15, 0.2) is 0 Å². The van der Waals surface area contributed by atoms with Crippen molar-refractivity contribution in [3.63, 3.8) is 0 Å². The number of carbonyl (C=O) groups excluding carboxylic acids is 1. The lowest BCUT2D eigenvalue weighted by Crippen LogP contribution is -2.23. The summed E-state index contributed by atoms with van der Waals surface area (Å²) in [6.07, 6.45) is 0. The molecule has 0 spiro atoms.